The van der Waals surface area contributed by atoms with Crippen LogP contribution in [0.3, 0.4) is 0 Å². The Hall–Kier alpha value is -3.49. The van der Waals surface area contributed by atoms with Crippen LogP contribution < -0.4 is 4.90 Å². The van der Waals surface area contributed by atoms with E-state index in [1.165, 1.54) is 0 Å². The van der Waals surface area contributed by atoms with Crippen LogP contribution in [0.5, 0.6) is 0 Å². The SMILES string of the molecule is COC1CCN(Cc2ccc3nc(-c4nc(C(F)(F)F)sc4N4CCN(C(=O)Cn5cccn5)C(C)C4)[nH]c3c2)C1. The van der Waals surface area contributed by atoms with Crippen molar-refractivity contribution >= 4 is 33.3 Å². The quantitative estimate of drug-likeness (QED) is 0.350. The molecule has 1 aromatic carbocycles. The van der Waals surface area contributed by atoms with E-state index >= 15 is 0 Å². The van der Waals surface area contributed by atoms with Crippen LogP contribution in [-0.4, -0.2) is 92.4 Å². The highest BCUT2D eigenvalue weighted by Crippen LogP contribution is 2.42. The number of halogens is 3. The molecule has 5 heterocycles. The topological polar surface area (TPSA) is 95.4 Å². The van der Waals surface area contributed by atoms with Crippen molar-refractivity contribution in [2.24, 2.45) is 0 Å². The van der Waals surface area contributed by atoms with Crippen LogP contribution in [0.15, 0.2) is 36.7 Å². The van der Waals surface area contributed by atoms with Crippen molar-refractivity contribution < 1.29 is 22.7 Å². The number of imidazole rings is 1. The van der Waals surface area contributed by atoms with Gasteiger partial charge in [-0.3, -0.25) is 14.4 Å². The van der Waals surface area contributed by atoms with E-state index in [1.807, 2.05) is 30.0 Å². The molecule has 2 unspecified atom stereocenters. The zero-order valence-electron chi connectivity index (χ0n) is 22.8. The molecule has 14 heteroatoms. The highest BCUT2D eigenvalue weighted by atomic mass is 32.1. The van der Waals surface area contributed by atoms with E-state index in [0.717, 1.165) is 37.1 Å². The number of H-pyrrole nitrogens is 1. The number of fused-ring (bicyclic) bond motifs is 1. The van der Waals surface area contributed by atoms with Crippen molar-refractivity contribution in [3.8, 4) is 11.5 Å². The molecule has 6 rings (SSSR count). The van der Waals surface area contributed by atoms with Crippen molar-refractivity contribution in [1.82, 2.24) is 34.5 Å². The lowest BCUT2D eigenvalue weighted by atomic mass is 10.2. The molecule has 2 saturated heterocycles. The third-order valence-electron chi connectivity index (χ3n) is 7.68. The average molecular weight is 589 g/mol. The molecule has 0 spiro atoms. The van der Waals surface area contributed by atoms with Crippen molar-refractivity contribution in [1.29, 1.82) is 0 Å². The Morgan fingerprint density at radius 1 is 1.20 bits per heavy atom. The van der Waals surface area contributed by atoms with Crippen LogP contribution in [0.1, 0.15) is 23.9 Å². The summed E-state index contributed by atoms with van der Waals surface area (Å²) in [6.45, 7) is 5.72. The summed E-state index contributed by atoms with van der Waals surface area (Å²) >= 11 is 0.614. The number of nitrogens with zero attached hydrogens (tertiary/aromatic N) is 7. The van der Waals surface area contributed by atoms with Crippen LogP contribution in [0, 0.1) is 0 Å². The number of nitrogens with one attached hydrogen (secondary N) is 1. The first-order chi connectivity index (χ1) is 19.7. The van der Waals surface area contributed by atoms with E-state index in [1.54, 1.807) is 35.2 Å². The molecule has 0 bridgehead atoms. The number of carbonyl (C=O) groups excluding carboxylic acids is 1. The molecule has 2 atom stereocenters. The second kappa shape index (κ2) is 11.1. The largest absolute Gasteiger partial charge is 0.443 e. The Morgan fingerprint density at radius 2 is 2.05 bits per heavy atom. The smallest absolute Gasteiger partial charge is 0.380 e. The Balaban J connectivity index is 1.24. The highest BCUT2D eigenvalue weighted by molar-refractivity contribution is 7.16. The molecule has 41 heavy (non-hydrogen) atoms. The molecule has 0 radical (unpaired) electrons. The third-order valence-corrected chi connectivity index (χ3v) is 8.84. The lowest BCUT2D eigenvalue weighted by Crippen LogP contribution is -2.54. The normalized spacial score (nSPS) is 20.4. The van der Waals surface area contributed by atoms with Crippen molar-refractivity contribution in [3.05, 3.63) is 47.2 Å². The van der Waals surface area contributed by atoms with Crippen molar-refractivity contribution in [2.45, 2.75) is 44.8 Å². The molecule has 2 aliphatic heterocycles. The van der Waals surface area contributed by atoms with E-state index in [2.05, 4.69) is 25.0 Å². The standard InChI is InChI=1S/C27H31F3N8O2S/c1-17-13-36(10-11-38(17)22(39)16-37-8-3-7-31-37)25-23(34-26(41-25)27(28,29)30)24-32-20-5-4-18(12-21(20)33-24)14-35-9-6-19(15-35)40-2/h3-5,7-8,12,17,19H,6,9-11,13-16H2,1-2H3,(H,32,33). The monoisotopic (exact) mass is 588 g/mol. The maximum atomic E-state index is 13.8. The molecule has 4 aromatic rings. The van der Waals surface area contributed by atoms with Crippen LogP contribution in [-0.2, 0) is 28.8 Å². The second-order valence-electron chi connectivity index (χ2n) is 10.6. The minimum Gasteiger partial charge on any atom is -0.380 e. The highest BCUT2D eigenvalue weighted by Gasteiger charge is 2.39. The summed E-state index contributed by atoms with van der Waals surface area (Å²) in [6, 6.07) is 7.42. The zero-order valence-corrected chi connectivity index (χ0v) is 23.6. The number of methoxy groups -OCH3 is 1. The summed E-state index contributed by atoms with van der Waals surface area (Å²) < 4.78 is 48.5. The summed E-state index contributed by atoms with van der Waals surface area (Å²) in [6.07, 6.45) is -0.0172. The van der Waals surface area contributed by atoms with Crippen molar-refractivity contribution in [3.63, 3.8) is 0 Å². The average Bonchev–Trinajstić information content (AvgIpc) is 3.74. The van der Waals surface area contributed by atoms with Gasteiger partial charge in [0.15, 0.2) is 5.82 Å². The minimum atomic E-state index is -4.58. The van der Waals surface area contributed by atoms with E-state index in [9.17, 15) is 18.0 Å². The molecular formula is C27H31F3N8O2S. The van der Waals surface area contributed by atoms with Gasteiger partial charge in [0.05, 0.1) is 17.1 Å². The zero-order chi connectivity index (χ0) is 28.7. The Kier molecular flexibility index (Phi) is 7.47. The van der Waals surface area contributed by atoms with Gasteiger partial charge in [-0.25, -0.2) is 9.97 Å². The van der Waals surface area contributed by atoms with E-state index in [0.29, 0.717) is 47.3 Å². The van der Waals surface area contributed by atoms with Gasteiger partial charge < -0.3 is 19.5 Å². The number of aromatic amines is 1. The van der Waals surface area contributed by atoms with Gasteiger partial charge in [-0.15, -0.1) is 0 Å². The number of ether oxygens (including phenoxy) is 1. The predicted octanol–water partition coefficient (Wildman–Crippen LogP) is 3.86. The molecule has 10 nitrogen and oxygen atoms in total. The first-order valence-electron chi connectivity index (χ1n) is 13.5. The first-order valence-corrected chi connectivity index (χ1v) is 14.3. The number of hydrogen-bond donors (Lipinski definition) is 1. The van der Waals surface area contributed by atoms with Gasteiger partial charge in [-0.2, -0.15) is 18.3 Å². The van der Waals surface area contributed by atoms with Crippen LogP contribution in [0.4, 0.5) is 18.2 Å². The van der Waals surface area contributed by atoms with Gasteiger partial charge in [0.2, 0.25) is 10.9 Å². The summed E-state index contributed by atoms with van der Waals surface area (Å²) in [7, 11) is 1.73. The van der Waals surface area contributed by atoms with Crippen LogP contribution in [0.2, 0.25) is 0 Å². The summed E-state index contributed by atoms with van der Waals surface area (Å²) in [5, 5.41) is 3.57. The number of aromatic nitrogens is 5. The number of piperazine rings is 1. The predicted molar refractivity (Wildman–Crippen MR) is 149 cm³/mol. The minimum absolute atomic E-state index is 0.0823. The number of anilines is 1. The van der Waals surface area contributed by atoms with Gasteiger partial charge in [0, 0.05) is 64.8 Å². The van der Waals surface area contributed by atoms with Gasteiger partial charge in [-0.05, 0) is 37.1 Å². The van der Waals surface area contributed by atoms with E-state index < -0.39 is 11.2 Å². The van der Waals surface area contributed by atoms with Gasteiger partial charge in [0.1, 0.15) is 17.2 Å². The maximum Gasteiger partial charge on any atom is 0.443 e. The summed E-state index contributed by atoms with van der Waals surface area (Å²) in [5.41, 5.74) is 2.67. The number of thiazole rings is 1. The molecule has 1 amide bonds. The molecule has 1 N–H and O–H groups in total. The molecular weight excluding hydrogens is 557 g/mol. The lowest BCUT2D eigenvalue weighted by Gasteiger charge is -2.40. The number of rotatable bonds is 7. The van der Waals surface area contributed by atoms with Gasteiger partial charge in [-0.1, -0.05) is 17.4 Å². The summed E-state index contributed by atoms with van der Waals surface area (Å²) in [4.78, 5) is 30.7. The number of carbonyl (C=O) groups is 1. The summed E-state index contributed by atoms with van der Waals surface area (Å²) in [5.74, 6) is 0.213. The van der Waals surface area contributed by atoms with Crippen molar-refractivity contribution in [2.75, 3.05) is 44.7 Å². The Labute approximate surface area is 238 Å². The lowest BCUT2D eigenvalue weighted by molar-refractivity contribution is -0.137. The van der Waals surface area contributed by atoms with Gasteiger partial charge in [0.25, 0.3) is 0 Å². The second-order valence-corrected chi connectivity index (χ2v) is 11.6. The number of amides is 1. The van der Waals surface area contributed by atoms with Gasteiger partial charge >= 0.3 is 6.18 Å². The molecule has 0 saturated carbocycles. The molecule has 2 aliphatic rings. The molecule has 2 fully saturated rings. The Morgan fingerprint density at radius 3 is 2.76 bits per heavy atom. The molecule has 0 aliphatic carbocycles. The maximum absolute atomic E-state index is 13.8. The number of benzene rings is 1. The van der Waals surface area contributed by atoms with E-state index in [4.69, 9.17) is 4.74 Å². The number of hydrogen-bond acceptors (Lipinski definition) is 8. The fraction of sp³-hybridized carbons (Fsp3) is 0.481. The number of alkyl halides is 3. The van der Waals surface area contributed by atoms with Crippen LogP contribution in [0.25, 0.3) is 22.6 Å². The number of likely N-dealkylation sites (tertiary alicyclic amines) is 1. The fourth-order valence-corrected chi connectivity index (χ4v) is 6.57. The van der Waals surface area contributed by atoms with Crippen LogP contribution >= 0.6 is 11.3 Å². The Bertz CT molecular complexity index is 1520. The first kappa shape index (κ1) is 27.7. The third kappa shape index (κ3) is 5.81. The fourth-order valence-electron chi connectivity index (χ4n) is 5.60. The molecule has 218 valence electrons. The van der Waals surface area contributed by atoms with E-state index in [-0.39, 0.29) is 30.3 Å². The molecule has 3 aromatic heterocycles.